The van der Waals surface area contributed by atoms with E-state index in [0.717, 1.165) is 16.7 Å². The largest absolute Gasteiger partial charge is 0.480 e. The van der Waals surface area contributed by atoms with Crippen molar-refractivity contribution >= 4 is 40.8 Å². The zero-order chi connectivity index (χ0) is 21.2. The summed E-state index contributed by atoms with van der Waals surface area (Å²) in [4.78, 5) is 11.4. The first-order valence-corrected chi connectivity index (χ1v) is 9.08. The molecule has 1 heterocycles. The van der Waals surface area contributed by atoms with Crippen molar-refractivity contribution in [1.29, 1.82) is 0 Å². The van der Waals surface area contributed by atoms with Gasteiger partial charge in [-0.2, -0.15) is 13.2 Å². The van der Waals surface area contributed by atoms with Crippen molar-refractivity contribution in [3.8, 4) is 16.9 Å². The summed E-state index contributed by atoms with van der Waals surface area (Å²) in [7, 11) is 0. The van der Waals surface area contributed by atoms with Gasteiger partial charge in [-0.3, -0.25) is 0 Å². The average molecular weight is 463 g/mol. The Labute approximate surface area is 172 Å². The van der Waals surface area contributed by atoms with Crippen molar-refractivity contribution in [1.82, 2.24) is 4.57 Å². The van der Waals surface area contributed by atoms with Crippen LogP contribution in [-0.4, -0.2) is 23.8 Å². The van der Waals surface area contributed by atoms with Crippen molar-refractivity contribution in [2.45, 2.75) is 26.6 Å². The smallest absolute Gasteiger partial charge is 0.432 e. The molecule has 4 nitrogen and oxygen atoms in total. The van der Waals surface area contributed by atoms with Gasteiger partial charge in [-0.15, -0.1) is 0 Å². The van der Waals surface area contributed by atoms with Crippen LogP contribution >= 0.6 is 34.8 Å². The number of carbonyl (C=O) groups is 1. The number of esters is 1. The highest BCUT2D eigenvalue weighted by molar-refractivity contribution is 6.40. The lowest BCUT2D eigenvalue weighted by Gasteiger charge is -2.11. The quantitative estimate of drug-likeness (QED) is 0.377. The predicted octanol–water partition coefficient (Wildman–Crippen LogP) is 6.24. The Balaban J connectivity index is 2.58. The number of halogens is 7. The van der Waals surface area contributed by atoms with Gasteiger partial charge in [0.15, 0.2) is 6.61 Å². The summed E-state index contributed by atoms with van der Waals surface area (Å²) in [5.74, 6) is -1.80. The van der Waals surface area contributed by atoms with Crippen LogP contribution in [-0.2, 0) is 22.3 Å². The third-order valence-electron chi connectivity index (χ3n) is 3.67. The molecule has 28 heavy (non-hydrogen) atoms. The number of aromatic nitrogens is 1. The van der Waals surface area contributed by atoms with E-state index in [2.05, 4.69) is 0 Å². The number of benzene rings is 1. The van der Waals surface area contributed by atoms with E-state index >= 15 is 0 Å². The lowest BCUT2D eigenvalue weighted by Crippen LogP contribution is -2.14. The molecule has 0 bridgehead atoms. The second kappa shape index (κ2) is 8.80. The summed E-state index contributed by atoms with van der Waals surface area (Å²) in [5.41, 5.74) is -1.90. The molecule has 0 N–H and O–H groups in total. The van der Waals surface area contributed by atoms with Crippen molar-refractivity contribution < 1.29 is 31.8 Å². The summed E-state index contributed by atoms with van der Waals surface area (Å²) in [6.45, 7) is 2.49. The maximum Gasteiger partial charge on any atom is 0.432 e. The van der Waals surface area contributed by atoms with Crippen LogP contribution in [0, 0.1) is 5.82 Å². The first-order chi connectivity index (χ1) is 13.0. The molecule has 0 atom stereocenters. The van der Waals surface area contributed by atoms with E-state index in [1.807, 2.05) is 0 Å². The minimum Gasteiger partial charge on any atom is -0.480 e. The van der Waals surface area contributed by atoms with Gasteiger partial charge in [0.2, 0.25) is 0 Å². The minimum atomic E-state index is -4.80. The van der Waals surface area contributed by atoms with Gasteiger partial charge < -0.3 is 14.0 Å². The number of alkyl halides is 3. The average Bonchev–Trinajstić information content (AvgIpc) is 2.84. The van der Waals surface area contributed by atoms with Gasteiger partial charge >= 0.3 is 12.1 Å². The van der Waals surface area contributed by atoms with E-state index < -0.39 is 40.4 Å². The molecule has 0 spiro atoms. The van der Waals surface area contributed by atoms with Gasteiger partial charge in [0.1, 0.15) is 22.4 Å². The van der Waals surface area contributed by atoms with Crippen LogP contribution in [0.1, 0.15) is 19.5 Å². The molecule has 0 aliphatic carbocycles. The Morgan fingerprint density at radius 3 is 2.32 bits per heavy atom. The summed E-state index contributed by atoms with van der Waals surface area (Å²) >= 11 is 17.9. The molecule has 0 amide bonds. The molecule has 0 fully saturated rings. The van der Waals surface area contributed by atoms with Gasteiger partial charge in [0.05, 0.1) is 16.7 Å². The van der Waals surface area contributed by atoms with E-state index in [0.29, 0.717) is 0 Å². The Hall–Kier alpha value is -1.64. The highest BCUT2D eigenvalue weighted by atomic mass is 35.5. The molecular weight excluding hydrogens is 449 g/mol. The van der Waals surface area contributed by atoms with Crippen molar-refractivity contribution in [3.05, 3.63) is 38.8 Å². The second-order valence-electron chi connectivity index (χ2n) is 5.43. The molecule has 1 aromatic carbocycles. The zero-order valence-electron chi connectivity index (χ0n) is 14.6. The van der Waals surface area contributed by atoms with Crippen LogP contribution in [0.25, 0.3) is 11.1 Å². The first kappa shape index (κ1) is 22.6. The van der Waals surface area contributed by atoms with Crippen LogP contribution in [0.5, 0.6) is 5.75 Å². The fraction of sp³-hybridized carbons (Fsp3) is 0.353. The van der Waals surface area contributed by atoms with Crippen molar-refractivity contribution in [2.24, 2.45) is 0 Å². The topological polar surface area (TPSA) is 40.5 Å². The summed E-state index contributed by atoms with van der Waals surface area (Å²) in [5, 5.41) is -1.34. The number of hydrogen-bond acceptors (Lipinski definition) is 3. The van der Waals surface area contributed by atoms with Gasteiger partial charge in [0.25, 0.3) is 0 Å². The van der Waals surface area contributed by atoms with Gasteiger partial charge in [-0.05, 0) is 26.0 Å². The van der Waals surface area contributed by atoms with Crippen molar-refractivity contribution in [3.63, 3.8) is 0 Å². The van der Waals surface area contributed by atoms with E-state index in [4.69, 9.17) is 44.3 Å². The Bertz CT molecular complexity index is 897. The van der Waals surface area contributed by atoms with E-state index in [-0.39, 0.29) is 35.1 Å². The molecule has 2 aromatic rings. The van der Waals surface area contributed by atoms with Gasteiger partial charge in [-0.25, -0.2) is 9.18 Å². The Kier molecular flexibility index (Phi) is 7.12. The van der Waals surface area contributed by atoms with Crippen LogP contribution < -0.4 is 4.74 Å². The molecule has 0 saturated carbocycles. The fourth-order valence-electron chi connectivity index (χ4n) is 2.53. The SMILES string of the molecule is CCOC(=O)COc1cc(-c2c(Cl)c(C(F)(F)F)n(CC)c2Cl)c(F)cc1Cl. The van der Waals surface area contributed by atoms with Crippen LogP contribution in [0.3, 0.4) is 0 Å². The lowest BCUT2D eigenvalue weighted by molar-refractivity contribution is -0.145. The molecule has 0 saturated heterocycles. The third kappa shape index (κ3) is 4.50. The highest BCUT2D eigenvalue weighted by Crippen LogP contribution is 2.47. The summed E-state index contributed by atoms with van der Waals surface area (Å²) in [6, 6.07) is 1.87. The minimum absolute atomic E-state index is 0.126. The molecule has 0 unspecified atom stereocenters. The van der Waals surface area contributed by atoms with E-state index in [1.165, 1.54) is 6.92 Å². The lowest BCUT2D eigenvalue weighted by atomic mass is 10.1. The van der Waals surface area contributed by atoms with Crippen LogP contribution in [0.15, 0.2) is 12.1 Å². The zero-order valence-corrected chi connectivity index (χ0v) is 16.9. The number of rotatable bonds is 6. The maximum absolute atomic E-state index is 14.5. The number of nitrogens with zero attached hydrogens (tertiary/aromatic N) is 1. The van der Waals surface area contributed by atoms with Gasteiger partial charge in [0, 0.05) is 17.7 Å². The van der Waals surface area contributed by atoms with E-state index in [9.17, 15) is 22.4 Å². The molecular formula is C17H14Cl3F4NO3. The van der Waals surface area contributed by atoms with Crippen LogP contribution in [0.4, 0.5) is 17.6 Å². The normalized spacial score (nSPS) is 11.6. The van der Waals surface area contributed by atoms with Crippen LogP contribution in [0.2, 0.25) is 15.2 Å². The van der Waals surface area contributed by atoms with Gasteiger partial charge in [-0.1, -0.05) is 34.8 Å². The predicted molar refractivity (Wildman–Crippen MR) is 97.7 cm³/mol. The second-order valence-corrected chi connectivity index (χ2v) is 6.57. The first-order valence-electron chi connectivity index (χ1n) is 7.95. The maximum atomic E-state index is 14.5. The molecule has 0 aliphatic rings. The standard InChI is InChI=1S/C17H14Cl3F4NO3/c1-3-25-15(17(22,23)24)14(19)13(16(25)20)8-5-11(9(18)6-10(8)21)28-7-12(26)27-4-2/h5-6H,3-4,7H2,1-2H3. The van der Waals surface area contributed by atoms with Crippen molar-refractivity contribution in [2.75, 3.05) is 13.2 Å². The molecule has 154 valence electrons. The molecule has 2 rings (SSSR count). The molecule has 0 aliphatic heterocycles. The molecule has 1 aromatic heterocycles. The number of hydrogen-bond donors (Lipinski definition) is 0. The Morgan fingerprint density at radius 1 is 1.18 bits per heavy atom. The Morgan fingerprint density at radius 2 is 1.82 bits per heavy atom. The highest BCUT2D eigenvalue weighted by Gasteiger charge is 2.40. The monoisotopic (exact) mass is 461 g/mol. The number of ether oxygens (including phenoxy) is 2. The third-order valence-corrected chi connectivity index (χ3v) is 4.72. The summed E-state index contributed by atoms with van der Waals surface area (Å²) < 4.78 is 65.2. The number of carbonyl (C=O) groups excluding carboxylic acids is 1. The van der Waals surface area contributed by atoms with E-state index in [1.54, 1.807) is 6.92 Å². The fourth-order valence-corrected chi connectivity index (χ4v) is 3.59. The summed E-state index contributed by atoms with van der Waals surface area (Å²) in [6.07, 6.45) is -4.80. The molecule has 0 radical (unpaired) electrons. The molecule has 11 heteroatoms.